The van der Waals surface area contributed by atoms with Crippen molar-refractivity contribution in [1.82, 2.24) is 4.98 Å². The second kappa shape index (κ2) is 7.53. The molecule has 3 aromatic rings. The summed E-state index contributed by atoms with van der Waals surface area (Å²) in [7, 11) is -3.25. The number of nitrogens with one attached hydrogen (secondary N) is 1. The number of rotatable bonds is 7. The first-order valence-corrected chi connectivity index (χ1v) is 9.74. The predicted octanol–water partition coefficient (Wildman–Crippen LogP) is 3.16. The Bertz CT molecular complexity index is 1010. The number of ether oxygens (including phenoxy) is 1. The number of aromatic nitrogens is 1. The fourth-order valence-corrected chi connectivity index (χ4v) is 3.98. The second-order valence-electron chi connectivity index (χ2n) is 5.73. The maximum absolute atomic E-state index is 12.2. The number of unbranched alkanes of at least 4 members (excludes halogenated alkanes) is 1. The van der Waals surface area contributed by atoms with Gasteiger partial charge in [0, 0.05) is 11.5 Å². The summed E-state index contributed by atoms with van der Waals surface area (Å²) < 4.78 is 30.1. The van der Waals surface area contributed by atoms with Crippen LogP contribution in [0.25, 0.3) is 10.9 Å². The molecule has 3 rings (SSSR count). The zero-order valence-corrected chi connectivity index (χ0v) is 14.5. The van der Waals surface area contributed by atoms with E-state index in [-0.39, 0.29) is 11.3 Å². The molecule has 0 amide bonds. The van der Waals surface area contributed by atoms with Crippen LogP contribution in [-0.4, -0.2) is 25.8 Å². The minimum Gasteiger partial charge on any atom is -0.491 e. The molecule has 0 bridgehead atoms. The van der Waals surface area contributed by atoms with Gasteiger partial charge in [0.2, 0.25) is 5.56 Å². The summed E-state index contributed by atoms with van der Waals surface area (Å²) in [6.07, 6.45) is 1.12. The largest absolute Gasteiger partial charge is 0.491 e. The average molecular weight is 357 g/mol. The molecule has 0 aliphatic carbocycles. The van der Waals surface area contributed by atoms with Crippen molar-refractivity contribution < 1.29 is 13.2 Å². The van der Waals surface area contributed by atoms with Crippen molar-refractivity contribution in [3.63, 3.8) is 0 Å². The van der Waals surface area contributed by atoms with Gasteiger partial charge < -0.3 is 9.72 Å². The number of benzene rings is 2. The quantitative estimate of drug-likeness (QED) is 0.659. The summed E-state index contributed by atoms with van der Waals surface area (Å²) in [6, 6.07) is 17.2. The van der Waals surface area contributed by atoms with E-state index in [1.165, 1.54) is 6.07 Å². The average Bonchev–Trinajstić information content (AvgIpc) is 2.62. The molecule has 0 aliphatic heterocycles. The van der Waals surface area contributed by atoms with Crippen LogP contribution in [0.4, 0.5) is 0 Å². The van der Waals surface area contributed by atoms with Crippen LogP contribution >= 0.6 is 0 Å². The van der Waals surface area contributed by atoms with Crippen LogP contribution in [0.5, 0.6) is 5.75 Å². The number of para-hydroxylation sites is 1. The first kappa shape index (κ1) is 17.2. The Morgan fingerprint density at radius 3 is 2.48 bits per heavy atom. The van der Waals surface area contributed by atoms with Crippen molar-refractivity contribution in [2.45, 2.75) is 17.7 Å². The van der Waals surface area contributed by atoms with Crippen molar-refractivity contribution in [2.75, 3.05) is 12.4 Å². The van der Waals surface area contributed by atoms with Crippen molar-refractivity contribution in [3.8, 4) is 5.75 Å². The van der Waals surface area contributed by atoms with Crippen molar-refractivity contribution in [3.05, 3.63) is 71.0 Å². The van der Waals surface area contributed by atoms with Gasteiger partial charge in [-0.05, 0) is 37.1 Å². The Balaban J connectivity index is 1.56. The molecular weight excluding hydrogens is 338 g/mol. The maximum Gasteiger partial charge on any atom is 0.248 e. The first-order valence-electron chi connectivity index (χ1n) is 8.09. The number of hydrogen-bond donors (Lipinski definition) is 1. The normalized spacial score (nSPS) is 11.5. The van der Waals surface area contributed by atoms with Gasteiger partial charge in [0.1, 0.15) is 5.75 Å². The van der Waals surface area contributed by atoms with Gasteiger partial charge in [-0.15, -0.1) is 0 Å². The van der Waals surface area contributed by atoms with Crippen LogP contribution in [0, 0.1) is 0 Å². The van der Waals surface area contributed by atoms with E-state index in [4.69, 9.17) is 4.74 Å². The molecule has 1 heterocycles. The second-order valence-corrected chi connectivity index (χ2v) is 7.84. The van der Waals surface area contributed by atoms with E-state index in [0.717, 1.165) is 5.39 Å². The molecule has 5 nitrogen and oxygen atoms in total. The van der Waals surface area contributed by atoms with Crippen molar-refractivity contribution >= 4 is 20.7 Å². The summed E-state index contributed by atoms with van der Waals surface area (Å²) >= 11 is 0. The molecule has 1 aromatic heterocycles. The number of fused-ring (bicyclic) bond motifs is 1. The number of hydrogen-bond acceptors (Lipinski definition) is 4. The standard InChI is InChI=1S/C19H19NO4S/c21-18-12-11-15-7-6-10-17(19(15)20-18)24-13-4-5-14-25(22,23)16-8-2-1-3-9-16/h1-3,6-12H,4-5,13-14H2,(H,20,21). The van der Waals surface area contributed by atoms with Crippen LogP contribution in [0.3, 0.4) is 0 Å². The minimum atomic E-state index is -3.25. The van der Waals surface area contributed by atoms with Gasteiger partial charge in [-0.3, -0.25) is 4.79 Å². The lowest BCUT2D eigenvalue weighted by Crippen LogP contribution is -2.09. The molecule has 130 valence electrons. The zero-order valence-electron chi connectivity index (χ0n) is 13.6. The van der Waals surface area contributed by atoms with Gasteiger partial charge in [-0.25, -0.2) is 8.42 Å². The van der Waals surface area contributed by atoms with E-state index in [0.29, 0.717) is 35.6 Å². The highest BCUT2D eigenvalue weighted by Gasteiger charge is 2.13. The smallest absolute Gasteiger partial charge is 0.248 e. The van der Waals surface area contributed by atoms with E-state index in [1.807, 2.05) is 12.1 Å². The molecule has 1 N–H and O–H groups in total. The fraction of sp³-hybridized carbons (Fsp3) is 0.211. The summed E-state index contributed by atoms with van der Waals surface area (Å²) in [5.74, 6) is 0.688. The van der Waals surface area contributed by atoms with E-state index >= 15 is 0 Å². The summed E-state index contributed by atoms with van der Waals surface area (Å²) in [5.41, 5.74) is 0.476. The van der Waals surface area contributed by atoms with Gasteiger partial charge in [0.15, 0.2) is 9.84 Å². The summed E-state index contributed by atoms with van der Waals surface area (Å²) in [4.78, 5) is 14.6. The maximum atomic E-state index is 12.2. The van der Waals surface area contributed by atoms with E-state index < -0.39 is 9.84 Å². The Morgan fingerprint density at radius 1 is 0.880 bits per heavy atom. The minimum absolute atomic E-state index is 0.0900. The third kappa shape index (κ3) is 4.28. The lowest BCUT2D eigenvalue weighted by Gasteiger charge is -2.09. The Hall–Kier alpha value is -2.60. The molecule has 0 atom stereocenters. The lowest BCUT2D eigenvalue weighted by atomic mass is 10.2. The first-order chi connectivity index (χ1) is 12.1. The molecule has 0 unspecified atom stereocenters. The van der Waals surface area contributed by atoms with Crippen LogP contribution in [0.1, 0.15) is 12.8 Å². The van der Waals surface area contributed by atoms with Crippen molar-refractivity contribution in [2.24, 2.45) is 0 Å². The highest BCUT2D eigenvalue weighted by molar-refractivity contribution is 7.91. The topological polar surface area (TPSA) is 76.2 Å². The number of sulfone groups is 1. The Kier molecular flexibility index (Phi) is 5.19. The van der Waals surface area contributed by atoms with Crippen LogP contribution in [0.15, 0.2) is 70.4 Å². The van der Waals surface area contributed by atoms with Gasteiger partial charge in [-0.2, -0.15) is 0 Å². The zero-order chi connectivity index (χ0) is 17.7. The van der Waals surface area contributed by atoms with Crippen LogP contribution in [0.2, 0.25) is 0 Å². The van der Waals surface area contributed by atoms with Gasteiger partial charge >= 0.3 is 0 Å². The summed E-state index contributed by atoms with van der Waals surface area (Å²) in [5, 5.41) is 0.892. The Morgan fingerprint density at radius 2 is 1.68 bits per heavy atom. The van der Waals surface area contributed by atoms with Gasteiger partial charge in [0.25, 0.3) is 0 Å². The molecule has 0 spiro atoms. The molecule has 0 aliphatic rings. The molecule has 0 fully saturated rings. The number of pyridine rings is 1. The molecule has 0 saturated carbocycles. The Labute approximate surface area is 146 Å². The molecule has 6 heteroatoms. The highest BCUT2D eigenvalue weighted by Crippen LogP contribution is 2.22. The van der Waals surface area contributed by atoms with Gasteiger partial charge in [-0.1, -0.05) is 30.3 Å². The summed E-state index contributed by atoms with van der Waals surface area (Å²) in [6.45, 7) is 0.389. The van der Waals surface area contributed by atoms with Crippen LogP contribution in [-0.2, 0) is 9.84 Å². The molecule has 0 saturated heterocycles. The molecule has 2 aromatic carbocycles. The lowest BCUT2D eigenvalue weighted by molar-refractivity contribution is 0.312. The molecule has 25 heavy (non-hydrogen) atoms. The monoisotopic (exact) mass is 357 g/mol. The number of aromatic amines is 1. The SMILES string of the molecule is O=c1ccc2cccc(OCCCCS(=O)(=O)c3ccccc3)c2[nH]1. The van der Waals surface area contributed by atoms with Crippen molar-refractivity contribution in [1.29, 1.82) is 0 Å². The molecule has 0 radical (unpaired) electrons. The van der Waals surface area contributed by atoms with E-state index in [2.05, 4.69) is 4.98 Å². The third-order valence-corrected chi connectivity index (χ3v) is 5.70. The fourth-order valence-electron chi connectivity index (χ4n) is 2.59. The van der Waals surface area contributed by atoms with E-state index in [9.17, 15) is 13.2 Å². The third-order valence-electron chi connectivity index (χ3n) is 3.89. The highest BCUT2D eigenvalue weighted by atomic mass is 32.2. The predicted molar refractivity (Wildman–Crippen MR) is 97.8 cm³/mol. The van der Waals surface area contributed by atoms with Gasteiger partial charge in [0.05, 0.1) is 22.8 Å². The number of H-pyrrole nitrogens is 1. The van der Waals surface area contributed by atoms with E-state index in [1.54, 1.807) is 42.5 Å². The van der Waals surface area contributed by atoms with Crippen LogP contribution < -0.4 is 10.3 Å². The molecular formula is C19H19NO4S.